The largest absolute Gasteiger partial charge is 0.508 e. The number of esters is 1. The number of ether oxygens (including phenoxy) is 1. The number of carbonyl (C=O) groups excluding carboxylic acids is 1. The van der Waals surface area contributed by atoms with E-state index >= 15 is 0 Å². The standard InChI is InChI=1S/C22H25NO3/c1-26-22(25)13-8-17-4-9-19(10-5-17)21-3-2-15-23(21)16-14-18-6-11-20(24)12-7-18/h4-13,21,24H,2-3,14-16H2,1H3. The monoisotopic (exact) mass is 351 g/mol. The summed E-state index contributed by atoms with van der Waals surface area (Å²) in [7, 11) is 1.38. The van der Waals surface area contributed by atoms with Crippen LogP contribution in [0.25, 0.3) is 6.08 Å². The quantitative estimate of drug-likeness (QED) is 0.632. The highest BCUT2D eigenvalue weighted by Crippen LogP contribution is 2.32. The molecule has 4 nitrogen and oxygen atoms in total. The SMILES string of the molecule is COC(=O)C=Cc1ccc(C2CCCN2CCc2ccc(O)cc2)cc1. The molecule has 1 aliphatic rings. The first-order valence-electron chi connectivity index (χ1n) is 9.03. The van der Waals surface area contributed by atoms with Gasteiger partial charge in [0, 0.05) is 18.7 Å². The van der Waals surface area contributed by atoms with E-state index < -0.39 is 0 Å². The number of carbonyl (C=O) groups is 1. The van der Waals surface area contributed by atoms with Gasteiger partial charge in [0.25, 0.3) is 0 Å². The molecule has 0 spiro atoms. The highest BCUT2D eigenvalue weighted by Gasteiger charge is 2.25. The molecule has 0 amide bonds. The number of hydrogen-bond acceptors (Lipinski definition) is 4. The third kappa shape index (κ3) is 4.73. The van der Waals surface area contributed by atoms with Crippen molar-refractivity contribution in [2.45, 2.75) is 25.3 Å². The molecule has 0 bridgehead atoms. The van der Waals surface area contributed by atoms with Gasteiger partial charge in [-0.15, -0.1) is 0 Å². The van der Waals surface area contributed by atoms with E-state index in [4.69, 9.17) is 0 Å². The highest BCUT2D eigenvalue weighted by atomic mass is 16.5. The molecule has 1 unspecified atom stereocenters. The summed E-state index contributed by atoms with van der Waals surface area (Å²) in [6.07, 6.45) is 6.58. The summed E-state index contributed by atoms with van der Waals surface area (Å²) in [4.78, 5) is 13.7. The molecule has 3 rings (SSSR count). The van der Waals surface area contributed by atoms with E-state index in [0.717, 1.165) is 25.1 Å². The summed E-state index contributed by atoms with van der Waals surface area (Å²) in [5, 5.41) is 9.39. The zero-order chi connectivity index (χ0) is 18.4. The summed E-state index contributed by atoms with van der Waals surface area (Å²) >= 11 is 0. The number of phenolic OH excluding ortho intramolecular Hbond substituents is 1. The highest BCUT2D eigenvalue weighted by molar-refractivity contribution is 5.86. The van der Waals surface area contributed by atoms with Crippen LogP contribution >= 0.6 is 0 Å². The fourth-order valence-electron chi connectivity index (χ4n) is 3.47. The molecule has 26 heavy (non-hydrogen) atoms. The van der Waals surface area contributed by atoms with Gasteiger partial charge in [0.05, 0.1) is 7.11 Å². The molecule has 136 valence electrons. The van der Waals surface area contributed by atoms with Gasteiger partial charge in [-0.05, 0) is 60.7 Å². The van der Waals surface area contributed by atoms with Gasteiger partial charge in [0.2, 0.25) is 0 Å². The van der Waals surface area contributed by atoms with Crippen LogP contribution in [0.5, 0.6) is 5.75 Å². The Balaban J connectivity index is 1.61. The number of aromatic hydroxyl groups is 1. The lowest BCUT2D eigenvalue weighted by atomic mass is 10.0. The van der Waals surface area contributed by atoms with Crippen LogP contribution in [0.2, 0.25) is 0 Å². The fraction of sp³-hybridized carbons (Fsp3) is 0.318. The molecule has 1 aliphatic heterocycles. The Morgan fingerprint density at radius 3 is 2.62 bits per heavy atom. The van der Waals surface area contributed by atoms with Crippen molar-refractivity contribution in [2.24, 2.45) is 0 Å². The van der Waals surface area contributed by atoms with E-state index in [9.17, 15) is 9.90 Å². The van der Waals surface area contributed by atoms with Crippen LogP contribution in [-0.4, -0.2) is 36.2 Å². The van der Waals surface area contributed by atoms with Gasteiger partial charge in [0.1, 0.15) is 5.75 Å². The van der Waals surface area contributed by atoms with E-state index in [0.29, 0.717) is 11.8 Å². The van der Waals surface area contributed by atoms with Crippen molar-refractivity contribution in [2.75, 3.05) is 20.2 Å². The van der Waals surface area contributed by atoms with Gasteiger partial charge in [-0.3, -0.25) is 4.90 Å². The van der Waals surface area contributed by atoms with E-state index in [1.54, 1.807) is 18.2 Å². The van der Waals surface area contributed by atoms with Crippen molar-refractivity contribution >= 4 is 12.0 Å². The summed E-state index contributed by atoms with van der Waals surface area (Å²) in [6.45, 7) is 2.13. The Labute approximate surface area is 154 Å². The molecule has 0 aromatic heterocycles. The average Bonchev–Trinajstić information content (AvgIpc) is 3.14. The molecular weight excluding hydrogens is 326 g/mol. The van der Waals surface area contributed by atoms with Gasteiger partial charge in [0.15, 0.2) is 0 Å². The van der Waals surface area contributed by atoms with Gasteiger partial charge in [-0.2, -0.15) is 0 Å². The number of nitrogens with zero attached hydrogens (tertiary/aromatic N) is 1. The lowest BCUT2D eigenvalue weighted by Crippen LogP contribution is -2.25. The van der Waals surface area contributed by atoms with Crippen LogP contribution in [0, 0.1) is 0 Å². The minimum absolute atomic E-state index is 0.314. The number of hydrogen-bond donors (Lipinski definition) is 1. The van der Waals surface area contributed by atoms with E-state index in [-0.39, 0.29) is 5.97 Å². The predicted octanol–water partition coefficient (Wildman–Crippen LogP) is 3.96. The van der Waals surface area contributed by atoms with Crippen molar-refractivity contribution < 1.29 is 14.6 Å². The van der Waals surface area contributed by atoms with Crippen molar-refractivity contribution in [3.05, 3.63) is 71.3 Å². The van der Waals surface area contributed by atoms with Crippen LogP contribution in [0.15, 0.2) is 54.6 Å². The lowest BCUT2D eigenvalue weighted by molar-refractivity contribution is -0.134. The first-order chi connectivity index (χ1) is 12.7. The molecule has 2 aromatic rings. The topological polar surface area (TPSA) is 49.8 Å². The maximum Gasteiger partial charge on any atom is 0.330 e. The molecule has 1 N–H and O–H groups in total. The Kier molecular flexibility index (Phi) is 6.08. The molecule has 2 aromatic carbocycles. The number of rotatable bonds is 6. The molecule has 0 radical (unpaired) electrons. The zero-order valence-corrected chi connectivity index (χ0v) is 15.1. The summed E-state index contributed by atoms with van der Waals surface area (Å²) in [5.74, 6) is -0.0283. The number of phenols is 1. The fourth-order valence-corrected chi connectivity index (χ4v) is 3.47. The Bertz CT molecular complexity index is 750. The Morgan fingerprint density at radius 1 is 1.19 bits per heavy atom. The first kappa shape index (κ1) is 18.2. The minimum Gasteiger partial charge on any atom is -0.508 e. The lowest BCUT2D eigenvalue weighted by Gasteiger charge is -2.25. The summed E-state index contributed by atoms with van der Waals surface area (Å²) in [6, 6.07) is 16.3. The third-order valence-electron chi connectivity index (χ3n) is 4.92. The van der Waals surface area contributed by atoms with E-state index in [1.807, 2.05) is 24.3 Å². The van der Waals surface area contributed by atoms with Crippen molar-refractivity contribution in [3.8, 4) is 5.75 Å². The average molecular weight is 351 g/mol. The second-order valence-electron chi connectivity index (χ2n) is 6.63. The molecule has 4 heteroatoms. The van der Waals surface area contributed by atoms with Crippen LogP contribution in [-0.2, 0) is 16.0 Å². The molecule has 0 saturated carbocycles. The maximum atomic E-state index is 11.2. The number of benzene rings is 2. The maximum absolute atomic E-state index is 11.2. The molecule has 1 saturated heterocycles. The third-order valence-corrected chi connectivity index (χ3v) is 4.92. The van der Waals surface area contributed by atoms with Crippen LogP contribution in [0.4, 0.5) is 0 Å². The Hall–Kier alpha value is -2.59. The van der Waals surface area contributed by atoms with Crippen LogP contribution < -0.4 is 0 Å². The van der Waals surface area contributed by atoms with Crippen molar-refractivity contribution in [1.29, 1.82) is 0 Å². The Morgan fingerprint density at radius 2 is 1.92 bits per heavy atom. The van der Waals surface area contributed by atoms with Crippen LogP contribution in [0.3, 0.4) is 0 Å². The first-order valence-corrected chi connectivity index (χ1v) is 9.03. The minimum atomic E-state index is -0.342. The van der Waals surface area contributed by atoms with Gasteiger partial charge < -0.3 is 9.84 Å². The molecule has 1 fully saturated rings. The van der Waals surface area contributed by atoms with Gasteiger partial charge in [-0.1, -0.05) is 36.4 Å². The number of likely N-dealkylation sites (tertiary alicyclic amines) is 1. The summed E-state index contributed by atoms with van der Waals surface area (Å²) in [5.41, 5.74) is 3.56. The van der Waals surface area contributed by atoms with E-state index in [1.165, 1.54) is 37.2 Å². The van der Waals surface area contributed by atoms with Gasteiger partial charge >= 0.3 is 5.97 Å². The van der Waals surface area contributed by atoms with Crippen molar-refractivity contribution in [1.82, 2.24) is 4.90 Å². The number of methoxy groups -OCH3 is 1. The van der Waals surface area contributed by atoms with E-state index in [2.05, 4.69) is 21.8 Å². The van der Waals surface area contributed by atoms with Crippen molar-refractivity contribution in [3.63, 3.8) is 0 Å². The van der Waals surface area contributed by atoms with Gasteiger partial charge in [-0.25, -0.2) is 4.79 Å². The molecular formula is C22H25NO3. The molecule has 1 heterocycles. The smallest absolute Gasteiger partial charge is 0.330 e. The predicted molar refractivity (Wildman–Crippen MR) is 103 cm³/mol. The zero-order valence-electron chi connectivity index (χ0n) is 15.1. The summed E-state index contributed by atoms with van der Waals surface area (Å²) < 4.78 is 4.61. The normalized spacial score (nSPS) is 17.7. The molecule has 0 aliphatic carbocycles. The molecule has 1 atom stereocenters. The second kappa shape index (κ2) is 8.68. The second-order valence-corrected chi connectivity index (χ2v) is 6.63. The van der Waals surface area contributed by atoms with Crippen LogP contribution in [0.1, 0.15) is 35.6 Å².